The number of Topliss-reactive ketones (excluding diaryl/α,β-unsaturated/α-hetero) is 1. The van der Waals surface area contributed by atoms with Gasteiger partial charge >= 0.3 is 11.9 Å². The monoisotopic (exact) mass is 476 g/mol. The zero-order valence-corrected chi connectivity index (χ0v) is 20.9. The summed E-state index contributed by atoms with van der Waals surface area (Å²) in [4.78, 5) is 53.1. The highest BCUT2D eigenvalue weighted by molar-refractivity contribution is 5.82. The Balaban J connectivity index is 0. The van der Waals surface area contributed by atoms with E-state index in [4.69, 9.17) is 5.11 Å². The van der Waals surface area contributed by atoms with Crippen LogP contribution in [0, 0.1) is 5.92 Å². The number of rotatable bonds is 9. The van der Waals surface area contributed by atoms with Gasteiger partial charge in [-0.15, -0.1) is 0 Å². The molecule has 0 aromatic carbocycles. The van der Waals surface area contributed by atoms with E-state index in [9.17, 15) is 29.4 Å². The molecule has 0 saturated carbocycles. The van der Waals surface area contributed by atoms with Gasteiger partial charge in [0.05, 0.1) is 26.2 Å². The van der Waals surface area contributed by atoms with Crippen LogP contribution in [0.5, 0.6) is 0 Å². The van der Waals surface area contributed by atoms with Crippen molar-refractivity contribution < 1.29 is 34.5 Å². The van der Waals surface area contributed by atoms with Crippen molar-refractivity contribution in [1.82, 2.24) is 19.6 Å². The van der Waals surface area contributed by atoms with E-state index in [1.165, 1.54) is 0 Å². The first-order valence-electron chi connectivity index (χ1n) is 11.4. The maximum Gasteiger partial charge on any atom is 0.317 e. The number of hydrogen-bond donors (Lipinski definition) is 3. The minimum atomic E-state index is -0.920. The number of hydrogen-bond acceptors (Lipinski definition) is 9. The SMILES string of the molecule is CC.CC(C)C(=O)CN1CCN(CC(=O)O)CCN(CC=O)CCN(CC(=O)O)CC1.CO. The molecule has 0 unspecified atom stereocenters. The Labute approximate surface area is 197 Å². The fraction of sp³-hybridized carbons (Fsp3) is 0.818. The second kappa shape index (κ2) is 20.7. The molecule has 0 atom stereocenters. The lowest BCUT2D eigenvalue weighted by Gasteiger charge is -2.33. The Hall–Kier alpha value is -1.92. The Bertz CT molecular complexity index is 529. The average molecular weight is 477 g/mol. The molecule has 1 heterocycles. The van der Waals surface area contributed by atoms with Crippen molar-refractivity contribution in [3.05, 3.63) is 0 Å². The van der Waals surface area contributed by atoms with E-state index in [1.807, 2.05) is 47.3 Å². The Morgan fingerprint density at radius 1 is 0.697 bits per heavy atom. The number of aldehydes is 1. The number of carbonyl (C=O) groups is 4. The van der Waals surface area contributed by atoms with E-state index in [2.05, 4.69) is 0 Å². The average Bonchev–Trinajstić information content (AvgIpc) is 2.77. The first-order valence-corrected chi connectivity index (χ1v) is 11.4. The Morgan fingerprint density at radius 2 is 1.00 bits per heavy atom. The van der Waals surface area contributed by atoms with E-state index in [0.29, 0.717) is 52.4 Å². The standard InChI is InChI=1S/C19H34N4O6.C2H6.CH4O/c1-16(2)17(25)13-21-7-9-22(14-18(26)27)5-3-20(11-12-24)4-6-23(10-8-21)15-19(28)29;2*1-2/h12,16H,3-11,13-15H2,1-2H3,(H,26,27)(H,28,29);1-2H3;2H,1H3. The van der Waals surface area contributed by atoms with Crippen LogP contribution < -0.4 is 0 Å². The number of aliphatic hydroxyl groups excluding tert-OH is 1. The van der Waals surface area contributed by atoms with Crippen molar-refractivity contribution in [1.29, 1.82) is 0 Å². The first kappa shape index (κ1) is 33.3. The van der Waals surface area contributed by atoms with E-state index >= 15 is 0 Å². The summed E-state index contributed by atoms with van der Waals surface area (Å²) in [5, 5.41) is 25.4. The van der Waals surface area contributed by atoms with Crippen LogP contribution in [0.25, 0.3) is 0 Å². The zero-order valence-electron chi connectivity index (χ0n) is 20.9. The van der Waals surface area contributed by atoms with E-state index in [-0.39, 0.29) is 37.9 Å². The third kappa shape index (κ3) is 17.3. The molecular formula is C22H44N4O7. The number of aliphatic carboxylic acids is 2. The van der Waals surface area contributed by atoms with Crippen molar-refractivity contribution in [2.45, 2.75) is 27.7 Å². The van der Waals surface area contributed by atoms with Gasteiger partial charge in [0.2, 0.25) is 0 Å². The summed E-state index contributed by atoms with van der Waals surface area (Å²) in [6.45, 7) is 11.9. The number of carboxylic acid groups (broad SMARTS) is 2. The molecule has 11 heteroatoms. The van der Waals surface area contributed by atoms with E-state index in [1.54, 1.807) is 0 Å². The van der Waals surface area contributed by atoms with E-state index in [0.717, 1.165) is 13.4 Å². The summed E-state index contributed by atoms with van der Waals surface area (Å²) < 4.78 is 0. The number of ketones is 1. The Morgan fingerprint density at radius 3 is 1.27 bits per heavy atom. The van der Waals surface area contributed by atoms with Gasteiger partial charge in [-0.2, -0.15) is 0 Å². The summed E-state index contributed by atoms with van der Waals surface area (Å²) in [6, 6.07) is 0. The van der Waals surface area contributed by atoms with Crippen molar-refractivity contribution in [2.75, 3.05) is 85.6 Å². The predicted octanol–water partition coefficient (Wildman–Crippen LogP) is -0.564. The van der Waals surface area contributed by atoms with Gasteiger partial charge in [-0.3, -0.25) is 34.0 Å². The summed E-state index contributed by atoms with van der Waals surface area (Å²) >= 11 is 0. The van der Waals surface area contributed by atoms with Crippen LogP contribution in [0.15, 0.2) is 0 Å². The molecule has 33 heavy (non-hydrogen) atoms. The summed E-state index contributed by atoms with van der Waals surface area (Å²) in [5.74, 6) is -1.84. The number of carboxylic acids is 2. The van der Waals surface area contributed by atoms with Crippen LogP contribution in [0.3, 0.4) is 0 Å². The summed E-state index contributed by atoms with van der Waals surface area (Å²) in [5.41, 5.74) is 0. The molecule has 1 aliphatic rings. The molecule has 3 N–H and O–H groups in total. The summed E-state index contributed by atoms with van der Waals surface area (Å²) in [6.07, 6.45) is 0.800. The quantitative estimate of drug-likeness (QED) is 0.368. The molecule has 1 fully saturated rings. The van der Waals surface area contributed by atoms with E-state index < -0.39 is 11.9 Å². The van der Waals surface area contributed by atoms with Gasteiger partial charge in [-0.1, -0.05) is 27.7 Å². The fourth-order valence-corrected chi connectivity index (χ4v) is 3.13. The number of nitrogens with zero attached hydrogens (tertiary/aromatic N) is 4. The second-order valence-electron chi connectivity index (χ2n) is 7.70. The van der Waals surface area contributed by atoms with Gasteiger partial charge < -0.3 is 20.1 Å². The largest absolute Gasteiger partial charge is 0.480 e. The highest BCUT2D eigenvalue weighted by atomic mass is 16.4. The van der Waals surface area contributed by atoms with Gasteiger partial charge in [0, 0.05) is 65.4 Å². The van der Waals surface area contributed by atoms with Crippen molar-refractivity contribution in [2.24, 2.45) is 5.92 Å². The van der Waals surface area contributed by atoms with Crippen molar-refractivity contribution >= 4 is 24.0 Å². The number of aliphatic hydroxyl groups is 1. The highest BCUT2D eigenvalue weighted by Gasteiger charge is 2.20. The van der Waals surface area contributed by atoms with Gasteiger partial charge in [0.15, 0.2) is 0 Å². The van der Waals surface area contributed by atoms with Gasteiger partial charge in [0.1, 0.15) is 12.1 Å². The minimum Gasteiger partial charge on any atom is -0.480 e. The molecule has 0 radical (unpaired) electrons. The van der Waals surface area contributed by atoms with Crippen LogP contribution in [0.4, 0.5) is 0 Å². The van der Waals surface area contributed by atoms with Gasteiger partial charge in [-0.05, 0) is 0 Å². The van der Waals surface area contributed by atoms with Crippen LogP contribution >= 0.6 is 0 Å². The number of carbonyl (C=O) groups excluding carboxylic acids is 2. The molecule has 0 amide bonds. The lowest BCUT2D eigenvalue weighted by atomic mass is 10.1. The molecule has 0 bridgehead atoms. The lowest BCUT2D eigenvalue weighted by Crippen LogP contribution is -2.48. The molecule has 1 saturated heterocycles. The molecule has 0 aromatic heterocycles. The molecule has 1 aliphatic heterocycles. The second-order valence-corrected chi connectivity index (χ2v) is 7.70. The molecule has 0 aromatic rings. The fourth-order valence-electron chi connectivity index (χ4n) is 3.13. The maximum atomic E-state index is 12.2. The van der Waals surface area contributed by atoms with Gasteiger partial charge in [-0.25, -0.2) is 0 Å². The topological polar surface area (TPSA) is 142 Å². The normalized spacial score (nSPS) is 17.4. The third-order valence-electron chi connectivity index (χ3n) is 5.00. The molecule has 11 nitrogen and oxygen atoms in total. The van der Waals surface area contributed by atoms with Crippen molar-refractivity contribution in [3.8, 4) is 0 Å². The molecule has 0 spiro atoms. The zero-order chi connectivity index (χ0) is 25.8. The molecule has 0 aliphatic carbocycles. The van der Waals surface area contributed by atoms with Crippen LogP contribution in [-0.2, 0) is 19.2 Å². The van der Waals surface area contributed by atoms with Crippen LogP contribution in [-0.4, -0.2) is 145 Å². The molecule has 194 valence electrons. The molecule has 1 rings (SSSR count). The van der Waals surface area contributed by atoms with Crippen LogP contribution in [0.2, 0.25) is 0 Å². The third-order valence-corrected chi connectivity index (χ3v) is 5.00. The minimum absolute atomic E-state index is 0.0986. The van der Waals surface area contributed by atoms with Crippen LogP contribution in [0.1, 0.15) is 27.7 Å². The predicted molar refractivity (Wildman–Crippen MR) is 126 cm³/mol. The maximum absolute atomic E-state index is 12.2. The first-order chi connectivity index (χ1) is 15.7. The van der Waals surface area contributed by atoms with Gasteiger partial charge in [0.25, 0.3) is 0 Å². The highest BCUT2D eigenvalue weighted by Crippen LogP contribution is 2.03. The Kier molecular flexibility index (Phi) is 20.8. The molecular weight excluding hydrogens is 432 g/mol. The smallest absolute Gasteiger partial charge is 0.317 e. The lowest BCUT2D eigenvalue weighted by molar-refractivity contribution is -0.139. The summed E-state index contributed by atoms with van der Waals surface area (Å²) in [7, 11) is 1.00. The van der Waals surface area contributed by atoms with Crippen molar-refractivity contribution in [3.63, 3.8) is 0 Å².